The van der Waals surface area contributed by atoms with Gasteiger partial charge in [-0.2, -0.15) is 13.2 Å². The summed E-state index contributed by atoms with van der Waals surface area (Å²) >= 11 is 0. The molecule has 1 saturated heterocycles. The van der Waals surface area contributed by atoms with Crippen LogP contribution in [0.2, 0.25) is 0 Å². The first kappa shape index (κ1) is 14.0. The summed E-state index contributed by atoms with van der Waals surface area (Å²) in [6.07, 6.45) is -4.69. The van der Waals surface area contributed by atoms with E-state index in [4.69, 9.17) is 5.11 Å². The van der Waals surface area contributed by atoms with Crippen molar-refractivity contribution in [2.45, 2.75) is 31.5 Å². The summed E-state index contributed by atoms with van der Waals surface area (Å²) in [5.74, 6) is -2.00. The van der Waals surface area contributed by atoms with E-state index in [1.165, 1.54) is 0 Å². The minimum atomic E-state index is -4.46. The van der Waals surface area contributed by atoms with Crippen LogP contribution in [0, 0.1) is 11.8 Å². The number of hydrogen-bond acceptors (Lipinski definition) is 2. The van der Waals surface area contributed by atoms with E-state index in [1.807, 2.05) is 5.32 Å². The highest BCUT2D eigenvalue weighted by molar-refractivity contribution is 5.78. The van der Waals surface area contributed by atoms with Gasteiger partial charge in [-0.15, -0.1) is 0 Å². The first-order valence-electron chi connectivity index (χ1n) is 6.03. The van der Waals surface area contributed by atoms with Crippen LogP contribution in [0.25, 0.3) is 0 Å². The van der Waals surface area contributed by atoms with Crippen molar-refractivity contribution in [3.8, 4) is 0 Å². The molecule has 108 valence electrons. The van der Waals surface area contributed by atoms with Crippen molar-refractivity contribution < 1.29 is 27.9 Å². The van der Waals surface area contributed by atoms with Crippen LogP contribution in [-0.4, -0.2) is 46.8 Å². The maximum atomic E-state index is 12.7. The van der Waals surface area contributed by atoms with Gasteiger partial charge in [0, 0.05) is 13.1 Å². The smallest absolute Gasteiger partial charge is 0.411 e. The number of carbonyl (C=O) groups is 2. The fourth-order valence-corrected chi connectivity index (χ4v) is 2.34. The van der Waals surface area contributed by atoms with Crippen molar-refractivity contribution in [1.29, 1.82) is 0 Å². The molecule has 1 aliphatic carbocycles. The van der Waals surface area contributed by atoms with Gasteiger partial charge in [0.1, 0.15) is 5.54 Å². The van der Waals surface area contributed by atoms with Crippen molar-refractivity contribution in [2.75, 3.05) is 13.1 Å². The summed E-state index contributed by atoms with van der Waals surface area (Å²) in [6, 6.07) is -0.828. The van der Waals surface area contributed by atoms with Gasteiger partial charge in [-0.05, 0) is 18.8 Å². The van der Waals surface area contributed by atoms with Gasteiger partial charge >= 0.3 is 18.2 Å². The molecule has 0 bridgehead atoms. The van der Waals surface area contributed by atoms with Gasteiger partial charge in [-0.1, -0.05) is 6.92 Å². The van der Waals surface area contributed by atoms with Crippen molar-refractivity contribution in [2.24, 2.45) is 11.8 Å². The van der Waals surface area contributed by atoms with Crippen LogP contribution in [0.4, 0.5) is 18.0 Å². The van der Waals surface area contributed by atoms with Crippen molar-refractivity contribution >= 4 is 12.0 Å². The first-order chi connectivity index (χ1) is 8.66. The van der Waals surface area contributed by atoms with E-state index in [2.05, 4.69) is 0 Å². The molecule has 2 amide bonds. The highest BCUT2D eigenvalue weighted by Crippen LogP contribution is 2.49. The van der Waals surface area contributed by atoms with Crippen LogP contribution in [0.5, 0.6) is 0 Å². The largest absolute Gasteiger partial charge is 0.481 e. The Hall–Kier alpha value is -1.47. The zero-order chi connectivity index (χ0) is 14.4. The van der Waals surface area contributed by atoms with Crippen molar-refractivity contribution in [3.05, 3.63) is 0 Å². The van der Waals surface area contributed by atoms with Gasteiger partial charge in [0.15, 0.2) is 0 Å². The number of alkyl halides is 3. The number of aliphatic carboxylic acids is 1. The number of rotatable bonds is 2. The number of hydrogen-bond donors (Lipinski definition) is 2. The van der Waals surface area contributed by atoms with E-state index >= 15 is 0 Å². The molecule has 2 aliphatic rings. The molecule has 1 saturated carbocycles. The van der Waals surface area contributed by atoms with Crippen LogP contribution in [0.15, 0.2) is 0 Å². The second kappa shape index (κ2) is 4.28. The van der Waals surface area contributed by atoms with Gasteiger partial charge in [-0.25, -0.2) is 4.79 Å². The second-order valence-electron chi connectivity index (χ2n) is 5.34. The molecule has 2 fully saturated rings. The molecule has 0 aromatic carbocycles. The first-order valence-corrected chi connectivity index (χ1v) is 6.03. The SMILES string of the molecule is CC1CN(C(=O)NC2(C(F)(F)F)CC2)CC1C(=O)O. The van der Waals surface area contributed by atoms with E-state index < -0.39 is 29.6 Å². The number of carboxylic acid groups (broad SMARTS) is 1. The lowest BCUT2D eigenvalue weighted by atomic mass is 9.99. The van der Waals surface area contributed by atoms with Gasteiger partial charge in [0.05, 0.1) is 5.92 Å². The van der Waals surface area contributed by atoms with Crippen molar-refractivity contribution in [3.63, 3.8) is 0 Å². The molecule has 2 rings (SSSR count). The third-order valence-corrected chi connectivity index (χ3v) is 3.86. The highest BCUT2D eigenvalue weighted by atomic mass is 19.4. The Labute approximate surface area is 107 Å². The number of urea groups is 1. The predicted molar refractivity (Wildman–Crippen MR) is 58.4 cm³/mol. The van der Waals surface area contributed by atoms with Gasteiger partial charge in [0.2, 0.25) is 0 Å². The van der Waals surface area contributed by atoms with Gasteiger partial charge < -0.3 is 15.3 Å². The van der Waals surface area contributed by atoms with Crippen LogP contribution < -0.4 is 5.32 Å². The molecule has 1 heterocycles. The van der Waals surface area contributed by atoms with Crippen LogP contribution in [0.1, 0.15) is 19.8 Å². The minimum Gasteiger partial charge on any atom is -0.481 e. The van der Waals surface area contributed by atoms with Crippen LogP contribution in [-0.2, 0) is 4.79 Å². The summed E-state index contributed by atoms with van der Waals surface area (Å²) in [4.78, 5) is 23.8. The van der Waals surface area contributed by atoms with Crippen LogP contribution in [0.3, 0.4) is 0 Å². The third-order valence-electron chi connectivity index (χ3n) is 3.86. The molecule has 0 aromatic heterocycles. The molecule has 2 atom stereocenters. The lowest BCUT2D eigenvalue weighted by molar-refractivity contribution is -0.163. The summed E-state index contributed by atoms with van der Waals surface area (Å²) in [6.45, 7) is 1.79. The summed E-state index contributed by atoms with van der Waals surface area (Å²) in [5.41, 5.74) is -2.10. The Morgan fingerprint density at radius 1 is 1.32 bits per heavy atom. The molecule has 8 heteroatoms. The third kappa shape index (κ3) is 2.48. The fraction of sp³-hybridized carbons (Fsp3) is 0.818. The maximum Gasteiger partial charge on any atom is 0.411 e. The zero-order valence-corrected chi connectivity index (χ0v) is 10.3. The maximum absolute atomic E-state index is 12.7. The molecule has 2 N–H and O–H groups in total. The Kier molecular flexibility index (Phi) is 3.14. The van der Waals surface area contributed by atoms with E-state index in [9.17, 15) is 22.8 Å². The summed E-state index contributed by atoms with van der Waals surface area (Å²) in [7, 11) is 0. The average molecular weight is 280 g/mol. The summed E-state index contributed by atoms with van der Waals surface area (Å²) < 4.78 is 38.1. The van der Waals surface area contributed by atoms with Crippen LogP contribution >= 0.6 is 0 Å². The Balaban J connectivity index is 1.98. The van der Waals surface area contributed by atoms with E-state index in [0.717, 1.165) is 4.90 Å². The molecule has 0 aromatic rings. The quantitative estimate of drug-likeness (QED) is 0.804. The number of carbonyl (C=O) groups excluding carboxylic acids is 1. The van der Waals surface area contributed by atoms with Gasteiger partial charge in [0.25, 0.3) is 0 Å². The molecular formula is C11H15F3N2O3. The van der Waals surface area contributed by atoms with E-state index in [-0.39, 0.29) is 31.8 Å². The average Bonchev–Trinajstić information content (AvgIpc) is 2.93. The molecule has 1 aliphatic heterocycles. The number of nitrogens with one attached hydrogen (secondary N) is 1. The number of likely N-dealkylation sites (tertiary alicyclic amines) is 1. The second-order valence-corrected chi connectivity index (χ2v) is 5.34. The van der Waals surface area contributed by atoms with E-state index in [1.54, 1.807) is 6.92 Å². The lowest BCUT2D eigenvalue weighted by Gasteiger charge is -2.24. The highest BCUT2D eigenvalue weighted by Gasteiger charge is 2.64. The molecule has 2 unspecified atom stereocenters. The number of amides is 2. The Bertz CT molecular complexity index is 406. The Morgan fingerprint density at radius 3 is 2.26 bits per heavy atom. The molecule has 0 spiro atoms. The molecule has 5 nitrogen and oxygen atoms in total. The van der Waals surface area contributed by atoms with Crippen molar-refractivity contribution in [1.82, 2.24) is 10.2 Å². The normalized spacial score (nSPS) is 29.2. The molecule has 19 heavy (non-hydrogen) atoms. The van der Waals surface area contributed by atoms with E-state index in [0.29, 0.717) is 0 Å². The monoisotopic (exact) mass is 280 g/mol. The Morgan fingerprint density at radius 2 is 1.89 bits per heavy atom. The number of carboxylic acids is 1. The number of halogens is 3. The van der Waals surface area contributed by atoms with Gasteiger partial charge in [-0.3, -0.25) is 4.79 Å². The topological polar surface area (TPSA) is 69.6 Å². The number of nitrogens with zero attached hydrogens (tertiary/aromatic N) is 1. The fourth-order valence-electron chi connectivity index (χ4n) is 2.34. The summed E-state index contributed by atoms with van der Waals surface area (Å²) in [5, 5.41) is 10.9. The zero-order valence-electron chi connectivity index (χ0n) is 10.3. The minimum absolute atomic E-state index is 0.0454. The predicted octanol–water partition coefficient (Wildman–Crippen LogP) is 1.44. The molecular weight excluding hydrogens is 265 g/mol. The molecule has 0 radical (unpaired) electrons. The standard InChI is InChI=1S/C11H15F3N2O3/c1-6-4-16(5-7(6)8(17)18)9(19)15-10(2-3-10)11(12,13)14/h6-7H,2-5H2,1H3,(H,15,19)(H,17,18). The lowest BCUT2D eigenvalue weighted by Crippen LogP contribution is -2.52.